The second-order valence-corrected chi connectivity index (χ2v) is 6.79. The summed E-state index contributed by atoms with van der Waals surface area (Å²) in [5.74, 6) is 0.856. The molecule has 27 heavy (non-hydrogen) atoms. The molecule has 1 aliphatic carbocycles. The van der Waals surface area contributed by atoms with Crippen molar-refractivity contribution in [2.75, 3.05) is 19.6 Å². The highest BCUT2D eigenvalue weighted by Crippen LogP contribution is 2.23. The van der Waals surface area contributed by atoms with Gasteiger partial charge in [0.15, 0.2) is 5.96 Å². The van der Waals surface area contributed by atoms with Gasteiger partial charge in [-0.1, -0.05) is 60.7 Å². The number of amides is 1. The molecule has 2 aromatic carbocycles. The summed E-state index contributed by atoms with van der Waals surface area (Å²) in [6.45, 7) is 3.61. The van der Waals surface area contributed by atoms with E-state index in [1.165, 1.54) is 11.1 Å². The Bertz CT molecular complexity index is 702. The lowest BCUT2D eigenvalue weighted by Gasteiger charge is -2.20. The Morgan fingerprint density at radius 2 is 1.59 bits per heavy atom. The summed E-state index contributed by atoms with van der Waals surface area (Å²) >= 11 is 0. The lowest BCUT2D eigenvalue weighted by Crippen LogP contribution is -2.40. The molecule has 5 heteroatoms. The van der Waals surface area contributed by atoms with E-state index in [4.69, 9.17) is 0 Å². The van der Waals surface area contributed by atoms with Crippen molar-refractivity contribution in [3.8, 4) is 0 Å². The maximum absolute atomic E-state index is 11.9. The normalized spacial score (nSPS) is 14.1. The molecule has 0 aromatic heterocycles. The van der Waals surface area contributed by atoms with Crippen molar-refractivity contribution < 1.29 is 4.79 Å². The first-order valence-electron chi connectivity index (χ1n) is 9.67. The molecule has 0 aliphatic heterocycles. The van der Waals surface area contributed by atoms with Gasteiger partial charge in [0.05, 0.1) is 0 Å². The Morgan fingerprint density at radius 1 is 1.00 bits per heavy atom. The van der Waals surface area contributed by atoms with E-state index in [0.717, 1.165) is 19.4 Å². The predicted octanol–water partition coefficient (Wildman–Crippen LogP) is 2.65. The van der Waals surface area contributed by atoms with Crippen molar-refractivity contribution in [2.24, 2.45) is 4.99 Å². The lowest BCUT2D eigenvalue weighted by molar-refractivity contribution is -0.119. The molecule has 1 aliphatic rings. The molecule has 0 unspecified atom stereocenters. The Kier molecular flexibility index (Phi) is 6.85. The van der Waals surface area contributed by atoms with Crippen molar-refractivity contribution in [2.45, 2.75) is 31.7 Å². The van der Waals surface area contributed by atoms with Gasteiger partial charge in [-0.2, -0.15) is 0 Å². The molecule has 0 bridgehead atoms. The van der Waals surface area contributed by atoms with E-state index in [-0.39, 0.29) is 18.4 Å². The molecule has 5 nitrogen and oxygen atoms in total. The molecule has 142 valence electrons. The first-order chi connectivity index (χ1) is 13.3. The third-order valence-corrected chi connectivity index (χ3v) is 4.54. The molecule has 2 aromatic rings. The van der Waals surface area contributed by atoms with Crippen molar-refractivity contribution in [1.82, 2.24) is 16.0 Å². The van der Waals surface area contributed by atoms with Gasteiger partial charge in [0.2, 0.25) is 5.91 Å². The minimum absolute atomic E-state index is 0.0163. The van der Waals surface area contributed by atoms with Crippen LogP contribution in [0.3, 0.4) is 0 Å². The fraction of sp³-hybridized carbons (Fsp3) is 0.364. The van der Waals surface area contributed by atoms with Gasteiger partial charge in [-0.25, -0.2) is 4.99 Å². The van der Waals surface area contributed by atoms with E-state index in [0.29, 0.717) is 18.5 Å². The van der Waals surface area contributed by atoms with E-state index >= 15 is 0 Å². The largest absolute Gasteiger partial charge is 0.357 e. The maximum Gasteiger partial charge on any atom is 0.242 e. The molecular weight excluding hydrogens is 336 g/mol. The highest BCUT2D eigenvalue weighted by atomic mass is 16.2. The summed E-state index contributed by atoms with van der Waals surface area (Å²) in [6.07, 6.45) is 2.17. The van der Waals surface area contributed by atoms with Gasteiger partial charge >= 0.3 is 0 Å². The topological polar surface area (TPSA) is 65.5 Å². The van der Waals surface area contributed by atoms with Gasteiger partial charge in [-0.3, -0.25) is 4.79 Å². The molecule has 1 fully saturated rings. The van der Waals surface area contributed by atoms with Gasteiger partial charge in [-0.15, -0.1) is 0 Å². The van der Waals surface area contributed by atoms with Gasteiger partial charge in [0, 0.05) is 25.0 Å². The quantitative estimate of drug-likeness (QED) is 0.498. The number of nitrogens with zero attached hydrogens (tertiary/aromatic N) is 1. The Labute approximate surface area is 161 Å². The first kappa shape index (κ1) is 19.0. The van der Waals surface area contributed by atoms with Crippen LogP contribution in [0.15, 0.2) is 65.7 Å². The van der Waals surface area contributed by atoms with Crippen LogP contribution in [-0.4, -0.2) is 37.5 Å². The van der Waals surface area contributed by atoms with Gasteiger partial charge < -0.3 is 16.0 Å². The fourth-order valence-electron chi connectivity index (χ4n) is 2.99. The van der Waals surface area contributed by atoms with Crippen molar-refractivity contribution in [3.63, 3.8) is 0 Å². The van der Waals surface area contributed by atoms with Crippen LogP contribution in [0, 0.1) is 0 Å². The minimum Gasteiger partial charge on any atom is -0.357 e. The molecule has 0 radical (unpaired) electrons. The highest BCUT2D eigenvalue weighted by Gasteiger charge is 2.23. The monoisotopic (exact) mass is 364 g/mol. The Balaban J connectivity index is 1.67. The number of guanidine groups is 1. The number of benzene rings is 2. The average molecular weight is 364 g/mol. The summed E-state index contributed by atoms with van der Waals surface area (Å²) in [5.41, 5.74) is 2.50. The van der Waals surface area contributed by atoms with E-state index in [1.54, 1.807) is 0 Å². The zero-order valence-corrected chi connectivity index (χ0v) is 15.8. The summed E-state index contributed by atoms with van der Waals surface area (Å²) in [5, 5.41) is 9.59. The second-order valence-electron chi connectivity index (χ2n) is 6.79. The fourth-order valence-corrected chi connectivity index (χ4v) is 2.99. The summed E-state index contributed by atoms with van der Waals surface area (Å²) in [4.78, 5) is 16.3. The minimum atomic E-state index is -0.0163. The smallest absolute Gasteiger partial charge is 0.242 e. The van der Waals surface area contributed by atoms with Crippen LogP contribution in [0.25, 0.3) is 0 Å². The molecule has 0 spiro atoms. The van der Waals surface area contributed by atoms with Crippen molar-refractivity contribution >= 4 is 11.9 Å². The highest BCUT2D eigenvalue weighted by molar-refractivity contribution is 5.85. The van der Waals surface area contributed by atoms with Crippen LogP contribution in [0.4, 0.5) is 0 Å². The average Bonchev–Trinajstić information content (AvgIpc) is 3.52. The molecule has 3 N–H and O–H groups in total. The van der Waals surface area contributed by atoms with Crippen molar-refractivity contribution in [1.29, 1.82) is 0 Å². The zero-order valence-electron chi connectivity index (χ0n) is 15.8. The third-order valence-electron chi connectivity index (χ3n) is 4.54. The number of carbonyl (C=O) groups is 1. The van der Waals surface area contributed by atoms with Crippen LogP contribution in [0.2, 0.25) is 0 Å². The van der Waals surface area contributed by atoms with Crippen LogP contribution in [0.1, 0.15) is 36.8 Å². The number of carbonyl (C=O) groups excluding carboxylic acids is 1. The summed E-state index contributed by atoms with van der Waals surface area (Å²) < 4.78 is 0. The summed E-state index contributed by atoms with van der Waals surface area (Å²) in [6, 6.07) is 21.3. The van der Waals surface area contributed by atoms with Crippen LogP contribution >= 0.6 is 0 Å². The van der Waals surface area contributed by atoms with E-state index in [2.05, 4.69) is 69.5 Å². The molecule has 3 rings (SSSR count). The van der Waals surface area contributed by atoms with Crippen LogP contribution in [0.5, 0.6) is 0 Å². The SMILES string of the molecule is CCNC(=NCC(=O)NC1CC1)NCC(c1ccccc1)c1ccccc1. The number of hydrogen-bond acceptors (Lipinski definition) is 2. The van der Waals surface area contributed by atoms with E-state index in [9.17, 15) is 4.79 Å². The standard InChI is InChI=1S/C22H28N4O/c1-2-23-22(25-16-21(27)26-19-13-14-19)24-15-20(17-9-5-3-6-10-17)18-11-7-4-8-12-18/h3-12,19-20H,2,13-16H2,1H3,(H,26,27)(H2,23,24,25). The van der Waals surface area contributed by atoms with Crippen LogP contribution in [-0.2, 0) is 4.79 Å². The molecule has 0 heterocycles. The van der Waals surface area contributed by atoms with E-state index in [1.807, 2.05) is 19.1 Å². The molecule has 0 atom stereocenters. The summed E-state index contributed by atoms with van der Waals surface area (Å²) in [7, 11) is 0. The maximum atomic E-state index is 11.9. The lowest BCUT2D eigenvalue weighted by atomic mass is 9.91. The third kappa shape index (κ3) is 6.13. The Morgan fingerprint density at radius 3 is 2.11 bits per heavy atom. The van der Waals surface area contributed by atoms with Gasteiger partial charge in [0.1, 0.15) is 6.54 Å². The second kappa shape index (κ2) is 9.76. The van der Waals surface area contributed by atoms with Gasteiger partial charge in [0.25, 0.3) is 0 Å². The molecule has 0 saturated heterocycles. The Hall–Kier alpha value is -2.82. The molecule has 1 saturated carbocycles. The molecule has 1 amide bonds. The zero-order chi connectivity index (χ0) is 18.9. The first-order valence-corrected chi connectivity index (χ1v) is 9.67. The van der Waals surface area contributed by atoms with Gasteiger partial charge in [-0.05, 0) is 30.9 Å². The predicted molar refractivity (Wildman–Crippen MR) is 110 cm³/mol. The number of aliphatic imine (C=N–C) groups is 1. The van der Waals surface area contributed by atoms with Crippen LogP contribution < -0.4 is 16.0 Å². The van der Waals surface area contributed by atoms with Crippen molar-refractivity contribution in [3.05, 3.63) is 71.8 Å². The number of hydrogen-bond donors (Lipinski definition) is 3. The number of nitrogens with one attached hydrogen (secondary N) is 3. The number of rotatable bonds is 8. The molecular formula is C22H28N4O. The van der Waals surface area contributed by atoms with E-state index < -0.39 is 0 Å².